The number of nitrogens with zero attached hydrogens (tertiary/aromatic N) is 1. The summed E-state index contributed by atoms with van der Waals surface area (Å²) in [5.74, 6) is -0.156. The quantitative estimate of drug-likeness (QED) is 0.920. The van der Waals surface area contributed by atoms with E-state index in [9.17, 15) is 9.59 Å². The summed E-state index contributed by atoms with van der Waals surface area (Å²) in [6.45, 7) is 1.68. The number of primary amides is 1. The Balaban J connectivity index is 2.03. The van der Waals surface area contributed by atoms with Crippen LogP contribution in [0.25, 0.3) is 0 Å². The van der Waals surface area contributed by atoms with Crippen LogP contribution in [-0.2, 0) is 4.79 Å². The number of likely N-dealkylation sites (N-methyl/N-ethyl adjacent to an activating group) is 1. The van der Waals surface area contributed by atoms with E-state index < -0.39 is 12.0 Å². The maximum Gasteiger partial charge on any atom is 0.267 e. The van der Waals surface area contributed by atoms with Crippen molar-refractivity contribution in [2.24, 2.45) is 5.73 Å². The van der Waals surface area contributed by atoms with E-state index >= 15 is 0 Å². The van der Waals surface area contributed by atoms with Gasteiger partial charge in [0.25, 0.3) is 5.91 Å². The number of anilines is 1. The van der Waals surface area contributed by atoms with Gasteiger partial charge in [-0.25, -0.2) is 0 Å². The standard InChI is InChI=1S/C17H18N2O3/c1-12(17(21)19(2)14-6-4-3-5-7-14)22-15-10-8-13(9-11-15)16(18)20/h3-12H,1-2H3,(H2,18,20)/t12-/m1/s1. The molecule has 0 aromatic heterocycles. The predicted octanol–water partition coefficient (Wildman–Crippen LogP) is 2.22. The lowest BCUT2D eigenvalue weighted by molar-refractivity contribution is -0.124. The number of para-hydroxylation sites is 1. The van der Waals surface area contributed by atoms with Crippen molar-refractivity contribution < 1.29 is 14.3 Å². The highest BCUT2D eigenvalue weighted by Crippen LogP contribution is 2.17. The van der Waals surface area contributed by atoms with Gasteiger partial charge in [0, 0.05) is 18.3 Å². The Morgan fingerprint density at radius 3 is 2.18 bits per heavy atom. The van der Waals surface area contributed by atoms with E-state index in [-0.39, 0.29) is 5.91 Å². The normalized spacial score (nSPS) is 11.5. The molecule has 0 radical (unpaired) electrons. The van der Waals surface area contributed by atoms with Crippen molar-refractivity contribution in [1.82, 2.24) is 0 Å². The Labute approximate surface area is 129 Å². The fourth-order valence-corrected chi connectivity index (χ4v) is 2.00. The van der Waals surface area contributed by atoms with Crippen molar-refractivity contribution in [2.45, 2.75) is 13.0 Å². The summed E-state index contributed by atoms with van der Waals surface area (Å²) >= 11 is 0. The molecule has 22 heavy (non-hydrogen) atoms. The topological polar surface area (TPSA) is 72.6 Å². The van der Waals surface area contributed by atoms with Crippen LogP contribution in [0.5, 0.6) is 5.75 Å². The first-order valence-corrected chi connectivity index (χ1v) is 6.88. The minimum absolute atomic E-state index is 0.162. The van der Waals surface area contributed by atoms with Crippen LogP contribution in [0.4, 0.5) is 5.69 Å². The van der Waals surface area contributed by atoms with E-state index in [0.29, 0.717) is 11.3 Å². The number of ether oxygens (including phenoxy) is 1. The summed E-state index contributed by atoms with van der Waals surface area (Å²) < 4.78 is 5.61. The first-order chi connectivity index (χ1) is 10.5. The number of carbonyl (C=O) groups excluding carboxylic acids is 2. The maximum atomic E-state index is 12.3. The third kappa shape index (κ3) is 3.63. The Hall–Kier alpha value is -2.82. The molecule has 2 aromatic carbocycles. The van der Waals surface area contributed by atoms with Gasteiger partial charge >= 0.3 is 0 Å². The second-order valence-corrected chi connectivity index (χ2v) is 4.88. The van der Waals surface area contributed by atoms with Gasteiger partial charge < -0.3 is 15.4 Å². The van der Waals surface area contributed by atoms with Crippen molar-refractivity contribution in [2.75, 3.05) is 11.9 Å². The van der Waals surface area contributed by atoms with Crippen molar-refractivity contribution in [3.63, 3.8) is 0 Å². The lowest BCUT2D eigenvalue weighted by atomic mass is 10.2. The monoisotopic (exact) mass is 298 g/mol. The zero-order valence-electron chi connectivity index (χ0n) is 12.5. The SMILES string of the molecule is C[C@@H](Oc1ccc(C(N)=O)cc1)C(=O)N(C)c1ccccc1. The van der Waals surface area contributed by atoms with Gasteiger partial charge in [-0.2, -0.15) is 0 Å². The van der Waals surface area contributed by atoms with Crippen molar-refractivity contribution in [3.05, 3.63) is 60.2 Å². The highest BCUT2D eigenvalue weighted by atomic mass is 16.5. The molecule has 2 aromatic rings. The van der Waals surface area contributed by atoms with Crippen molar-refractivity contribution in [3.8, 4) is 5.75 Å². The summed E-state index contributed by atoms with van der Waals surface area (Å²) in [7, 11) is 1.70. The molecule has 1 atom stereocenters. The minimum atomic E-state index is -0.648. The van der Waals surface area contributed by atoms with Gasteiger partial charge in [0.2, 0.25) is 5.91 Å². The summed E-state index contributed by atoms with van der Waals surface area (Å²) in [6, 6.07) is 15.7. The predicted molar refractivity (Wildman–Crippen MR) is 84.9 cm³/mol. The fourth-order valence-electron chi connectivity index (χ4n) is 2.00. The van der Waals surface area contributed by atoms with Crippen LogP contribution in [0.2, 0.25) is 0 Å². The summed E-state index contributed by atoms with van der Waals surface area (Å²) in [4.78, 5) is 24.9. The Morgan fingerprint density at radius 1 is 1.05 bits per heavy atom. The molecule has 0 fully saturated rings. The first kappa shape index (κ1) is 15.6. The molecule has 0 aliphatic rings. The van der Waals surface area contributed by atoms with Gasteiger partial charge in [0.05, 0.1) is 0 Å². The van der Waals surface area contributed by atoms with Gasteiger partial charge in [-0.3, -0.25) is 9.59 Å². The molecule has 0 aliphatic heterocycles. The van der Waals surface area contributed by atoms with Gasteiger partial charge in [0.1, 0.15) is 5.75 Å². The first-order valence-electron chi connectivity index (χ1n) is 6.88. The van der Waals surface area contributed by atoms with Gasteiger partial charge in [0.15, 0.2) is 6.10 Å². The van der Waals surface area contributed by atoms with E-state index in [1.807, 2.05) is 30.3 Å². The molecule has 0 unspecified atom stereocenters. The number of hydrogen-bond donors (Lipinski definition) is 1. The van der Waals surface area contributed by atoms with Crippen LogP contribution in [-0.4, -0.2) is 25.0 Å². The minimum Gasteiger partial charge on any atom is -0.481 e. The van der Waals surface area contributed by atoms with Crippen LogP contribution >= 0.6 is 0 Å². The highest BCUT2D eigenvalue weighted by Gasteiger charge is 2.20. The smallest absolute Gasteiger partial charge is 0.267 e. The summed E-state index contributed by atoms with van der Waals surface area (Å²) in [5.41, 5.74) is 6.37. The van der Waals surface area contributed by atoms with Crippen LogP contribution in [0, 0.1) is 0 Å². The number of carbonyl (C=O) groups is 2. The zero-order chi connectivity index (χ0) is 16.1. The van der Waals surface area contributed by atoms with Crippen LogP contribution in [0.3, 0.4) is 0 Å². The molecule has 0 heterocycles. The van der Waals surface area contributed by atoms with Crippen LogP contribution < -0.4 is 15.4 Å². The Morgan fingerprint density at radius 2 is 1.64 bits per heavy atom. The molecule has 0 aliphatic carbocycles. The van der Waals surface area contributed by atoms with Gasteiger partial charge in [-0.15, -0.1) is 0 Å². The second kappa shape index (κ2) is 6.76. The molecule has 5 nitrogen and oxygen atoms in total. The summed E-state index contributed by atoms with van der Waals surface area (Å²) in [5, 5.41) is 0. The van der Waals surface area contributed by atoms with Crippen molar-refractivity contribution in [1.29, 1.82) is 0 Å². The van der Waals surface area contributed by atoms with Gasteiger partial charge in [-0.05, 0) is 43.3 Å². The Bertz CT molecular complexity index is 653. The lowest BCUT2D eigenvalue weighted by Crippen LogP contribution is -2.38. The number of amides is 2. The molecule has 2 N–H and O–H groups in total. The number of hydrogen-bond acceptors (Lipinski definition) is 3. The molecular formula is C17H18N2O3. The number of rotatable bonds is 5. The van der Waals surface area contributed by atoms with E-state index in [0.717, 1.165) is 5.69 Å². The average Bonchev–Trinajstić information content (AvgIpc) is 2.54. The van der Waals surface area contributed by atoms with Gasteiger partial charge in [-0.1, -0.05) is 18.2 Å². The maximum absolute atomic E-state index is 12.3. The molecule has 2 amide bonds. The fraction of sp³-hybridized carbons (Fsp3) is 0.176. The van der Waals surface area contributed by atoms with Crippen molar-refractivity contribution >= 4 is 17.5 Å². The van der Waals surface area contributed by atoms with E-state index in [1.54, 1.807) is 43.1 Å². The molecule has 2 rings (SSSR count). The molecule has 5 heteroatoms. The number of benzene rings is 2. The molecule has 0 saturated heterocycles. The van der Waals surface area contributed by atoms with E-state index in [1.165, 1.54) is 0 Å². The third-order valence-corrected chi connectivity index (χ3v) is 3.27. The molecule has 114 valence electrons. The van der Waals surface area contributed by atoms with Crippen LogP contribution in [0.15, 0.2) is 54.6 Å². The summed E-state index contributed by atoms with van der Waals surface area (Å²) in [6.07, 6.45) is -0.648. The van der Waals surface area contributed by atoms with E-state index in [2.05, 4.69) is 0 Å². The second-order valence-electron chi connectivity index (χ2n) is 4.88. The number of nitrogens with two attached hydrogens (primary N) is 1. The molecule has 0 saturated carbocycles. The zero-order valence-corrected chi connectivity index (χ0v) is 12.5. The largest absolute Gasteiger partial charge is 0.481 e. The average molecular weight is 298 g/mol. The molecule has 0 spiro atoms. The van der Waals surface area contributed by atoms with Crippen LogP contribution in [0.1, 0.15) is 17.3 Å². The Kier molecular flexibility index (Phi) is 4.78. The lowest BCUT2D eigenvalue weighted by Gasteiger charge is -2.22. The molecular weight excluding hydrogens is 280 g/mol. The van der Waals surface area contributed by atoms with E-state index in [4.69, 9.17) is 10.5 Å². The highest BCUT2D eigenvalue weighted by molar-refractivity contribution is 5.96. The molecule has 0 bridgehead atoms. The third-order valence-electron chi connectivity index (χ3n) is 3.27.